The van der Waals surface area contributed by atoms with Crippen molar-refractivity contribution in [3.05, 3.63) is 61.8 Å². The van der Waals surface area contributed by atoms with Gasteiger partial charge in [0.05, 0.1) is 31.1 Å². The van der Waals surface area contributed by atoms with Crippen LogP contribution in [0.1, 0.15) is 43.5 Å². The van der Waals surface area contributed by atoms with E-state index >= 15 is 0 Å². The molecule has 0 aliphatic carbocycles. The van der Waals surface area contributed by atoms with Crippen molar-refractivity contribution in [3.8, 4) is 0 Å². The van der Waals surface area contributed by atoms with Gasteiger partial charge < -0.3 is 9.47 Å². The van der Waals surface area contributed by atoms with E-state index in [1.165, 1.54) is 45.2 Å². The van der Waals surface area contributed by atoms with Crippen LogP contribution >= 0.6 is 46.4 Å². The molecule has 3 nitrogen and oxygen atoms in total. The maximum atomic E-state index is 6.41. The van der Waals surface area contributed by atoms with Gasteiger partial charge in [-0.25, -0.2) is 4.98 Å². The summed E-state index contributed by atoms with van der Waals surface area (Å²) in [5.41, 5.74) is 3.03. The topological polar surface area (TPSA) is 21.1 Å². The second-order valence-corrected chi connectivity index (χ2v) is 10.4. The fourth-order valence-electron chi connectivity index (χ4n) is 5.37. The van der Waals surface area contributed by atoms with Crippen molar-refractivity contribution < 1.29 is 0 Å². The molecule has 2 atom stereocenters. The van der Waals surface area contributed by atoms with Gasteiger partial charge in [0.2, 0.25) is 0 Å². The third-order valence-electron chi connectivity index (χ3n) is 6.86. The Kier molecular flexibility index (Phi) is 6.42. The number of aromatic nitrogens is 2. The molecule has 3 aromatic rings. The molecule has 0 unspecified atom stereocenters. The van der Waals surface area contributed by atoms with E-state index in [9.17, 15) is 0 Å². The van der Waals surface area contributed by atoms with Crippen LogP contribution in [0.5, 0.6) is 0 Å². The molecule has 0 saturated carbocycles. The van der Waals surface area contributed by atoms with E-state index in [0.29, 0.717) is 38.5 Å². The molecule has 3 heterocycles. The molecule has 5 rings (SSSR count). The monoisotopic (exact) mass is 495 g/mol. The van der Waals surface area contributed by atoms with Crippen molar-refractivity contribution in [1.82, 2.24) is 14.5 Å². The summed E-state index contributed by atoms with van der Waals surface area (Å²) in [6.45, 7) is 3.43. The van der Waals surface area contributed by atoms with Crippen molar-refractivity contribution in [2.75, 3.05) is 13.1 Å². The molecule has 2 fully saturated rings. The molecule has 2 aliphatic heterocycles. The summed E-state index contributed by atoms with van der Waals surface area (Å²) < 4.78 is 2.36. The molecule has 7 heteroatoms. The van der Waals surface area contributed by atoms with Gasteiger partial charge in [-0.05, 0) is 74.5 Å². The number of benzene rings is 2. The van der Waals surface area contributed by atoms with E-state index in [2.05, 4.69) is 9.47 Å². The number of nitrogens with zero attached hydrogens (tertiary/aromatic N) is 3. The van der Waals surface area contributed by atoms with Gasteiger partial charge in [0.15, 0.2) is 0 Å². The fourth-order valence-corrected chi connectivity index (χ4v) is 6.00. The van der Waals surface area contributed by atoms with Gasteiger partial charge in [0.1, 0.15) is 5.82 Å². The van der Waals surface area contributed by atoms with Gasteiger partial charge in [-0.3, -0.25) is 0 Å². The summed E-state index contributed by atoms with van der Waals surface area (Å²) in [6.07, 6.45) is 7.17. The minimum absolute atomic E-state index is 0.538. The molecule has 2 saturated heterocycles. The summed E-state index contributed by atoms with van der Waals surface area (Å²) in [5.74, 6) is 1.63. The van der Waals surface area contributed by atoms with E-state index in [0.717, 1.165) is 29.0 Å². The predicted molar refractivity (Wildman–Crippen MR) is 131 cm³/mol. The Bertz CT molecular complexity index is 1110. The Hall–Kier alpha value is -0.970. The average Bonchev–Trinajstić information content (AvgIpc) is 3.07. The molecular weight excluding hydrogens is 472 g/mol. The summed E-state index contributed by atoms with van der Waals surface area (Å²) in [6, 6.07) is 10.3. The van der Waals surface area contributed by atoms with E-state index in [1.807, 2.05) is 30.3 Å². The lowest BCUT2D eigenvalue weighted by molar-refractivity contribution is 0.0521. The van der Waals surface area contributed by atoms with Crippen molar-refractivity contribution >= 4 is 57.4 Å². The highest BCUT2D eigenvalue weighted by Crippen LogP contribution is 2.35. The zero-order chi connectivity index (χ0) is 21.5. The number of imidazole rings is 1. The molecule has 0 N–H and O–H groups in total. The van der Waals surface area contributed by atoms with Crippen LogP contribution in [0, 0.1) is 5.92 Å². The zero-order valence-electron chi connectivity index (χ0n) is 17.3. The minimum atomic E-state index is 0.538. The average molecular weight is 497 g/mol. The Morgan fingerprint density at radius 3 is 2.45 bits per heavy atom. The second kappa shape index (κ2) is 9.11. The third-order valence-corrected chi connectivity index (χ3v) is 8.32. The van der Waals surface area contributed by atoms with Crippen LogP contribution in [-0.4, -0.2) is 33.6 Å². The normalized spacial score (nSPS) is 22.1. The number of hydrogen-bond acceptors (Lipinski definition) is 2. The van der Waals surface area contributed by atoms with Crippen LogP contribution in [0.15, 0.2) is 30.3 Å². The summed E-state index contributed by atoms with van der Waals surface area (Å²) in [5, 5.41) is 2.24. The van der Waals surface area contributed by atoms with Crippen molar-refractivity contribution in [2.45, 2.75) is 51.1 Å². The smallest absolute Gasteiger partial charge is 0.114 e. The molecular formula is C24H25Cl4N3. The highest BCUT2D eigenvalue weighted by atomic mass is 35.5. The SMILES string of the molecule is Clc1ccc(Cc2nc3cc(Cl)c(Cl)cc3n2C[C@@H]2CCCN3CCCC[C@H]23)cc1Cl. The molecule has 31 heavy (non-hydrogen) atoms. The standard InChI is InChI=1S/C24H25Cl4N3/c25-17-7-6-15(10-18(17)26)11-24-29-21-12-19(27)20(28)13-23(21)31(24)14-16-4-3-9-30-8-2-1-5-22(16)30/h6-7,10,12-13,16,22H,1-5,8-9,11,14H2/t16-,22+/m0/s1. The fraction of sp³-hybridized carbons (Fsp3) is 0.458. The maximum absolute atomic E-state index is 6.41. The molecule has 0 spiro atoms. The van der Waals surface area contributed by atoms with E-state index < -0.39 is 0 Å². The first kappa shape index (κ1) is 21.9. The number of rotatable bonds is 4. The largest absolute Gasteiger partial charge is 0.327 e. The quantitative estimate of drug-likeness (QED) is 0.372. The van der Waals surface area contributed by atoms with Crippen LogP contribution in [0.3, 0.4) is 0 Å². The molecule has 0 bridgehead atoms. The minimum Gasteiger partial charge on any atom is -0.327 e. The van der Waals surface area contributed by atoms with Crippen LogP contribution < -0.4 is 0 Å². The van der Waals surface area contributed by atoms with Gasteiger partial charge in [-0.1, -0.05) is 58.9 Å². The van der Waals surface area contributed by atoms with E-state index in [4.69, 9.17) is 51.4 Å². The first-order chi connectivity index (χ1) is 15.0. The Balaban J connectivity index is 1.53. The van der Waals surface area contributed by atoms with E-state index in [-0.39, 0.29) is 0 Å². The third kappa shape index (κ3) is 4.45. The molecule has 164 valence electrons. The highest BCUT2D eigenvalue weighted by molar-refractivity contribution is 6.43. The van der Waals surface area contributed by atoms with Crippen molar-refractivity contribution in [3.63, 3.8) is 0 Å². The van der Waals surface area contributed by atoms with Gasteiger partial charge in [0.25, 0.3) is 0 Å². The van der Waals surface area contributed by atoms with Crippen LogP contribution in [0.25, 0.3) is 11.0 Å². The molecule has 0 radical (unpaired) electrons. The molecule has 0 amide bonds. The number of piperidine rings is 2. The summed E-state index contributed by atoms with van der Waals surface area (Å²) in [7, 11) is 0. The lowest BCUT2D eigenvalue weighted by Crippen LogP contribution is -2.49. The summed E-state index contributed by atoms with van der Waals surface area (Å²) in [4.78, 5) is 7.67. The Labute approximate surface area is 203 Å². The lowest BCUT2D eigenvalue weighted by atomic mass is 9.83. The molecule has 1 aromatic heterocycles. The maximum Gasteiger partial charge on any atom is 0.114 e. The van der Waals surface area contributed by atoms with E-state index in [1.54, 1.807) is 0 Å². The first-order valence-corrected chi connectivity index (χ1v) is 12.5. The van der Waals surface area contributed by atoms with Crippen molar-refractivity contribution in [1.29, 1.82) is 0 Å². The second-order valence-electron chi connectivity index (χ2n) is 8.82. The first-order valence-electron chi connectivity index (χ1n) is 11.0. The van der Waals surface area contributed by atoms with Gasteiger partial charge >= 0.3 is 0 Å². The van der Waals surface area contributed by atoms with Crippen molar-refractivity contribution in [2.24, 2.45) is 5.92 Å². The zero-order valence-corrected chi connectivity index (χ0v) is 20.3. The van der Waals surface area contributed by atoms with Gasteiger partial charge in [-0.2, -0.15) is 0 Å². The number of hydrogen-bond donors (Lipinski definition) is 0. The van der Waals surface area contributed by atoms with Crippen LogP contribution in [0.4, 0.5) is 0 Å². The Morgan fingerprint density at radius 2 is 1.61 bits per heavy atom. The summed E-state index contributed by atoms with van der Waals surface area (Å²) >= 11 is 25.1. The van der Waals surface area contributed by atoms with Gasteiger partial charge in [-0.15, -0.1) is 0 Å². The predicted octanol–water partition coefficient (Wildman–Crippen LogP) is 7.51. The number of halogens is 4. The molecule has 2 aromatic carbocycles. The Morgan fingerprint density at radius 1 is 0.839 bits per heavy atom. The molecule has 2 aliphatic rings. The van der Waals surface area contributed by atoms with Gasteiger partial charge in [0, 0.05) is 19.0 Å². The van der Waals surface area contributed by atoms with Crippen LogP contribution in [-0.2, 0) is 13.0 Å². The number of fused-ring (bicyclic) bond motifs is 2. The van der Waals surface area contributed by atoms with Crippen LogP contribution in [0.2, 0.25) is 20.1 Å². The lowest BCUT2D eigenvalue weighted by Gasteiger charge is -2.44. The highest BCUT2D eigenvalue weighted by Gasteiger charge is 2.33.